The van der Waals surface area contributed by atoms with Crippen LogP contribution in [0.1, 0.15) is 47.5 Å². The summed E-state index contributed by atoms with van der Waals surface area (Å²) in [6.07, 6.45) is 5.42. The zero-order chi connectivity index (χ0) is 28.0. The third-order valence-electron chi connectivity index (χ3n) is 7.08. The van der Waals surface area contributed by atoms with E-state index < -0.39 is 0 Å². The predicted molar refractivity (Wildman–Crippen MR) is 153 cm³/mol. The molecule has 1 fully saturated rings. The predicted octanol–water partition coefficient (Wildman–Crippen LogP) is 5.35. The topological polar surface area (TPSA) is 119 Å². The Morgan fingerprint density at radius 2 is 2.08 bits per heavy atom. The van der Waals surface area contributed by atoms with Gasteiger partial charge in [-0.3, -0.25) is 14.2 Å². The monoisotopic (exact) mass is 575 g/mol. The summed E-state index contributed by atoms with van der Waals surface area (Å²) in [4.78, 5) is 41.9. The van der Waals surface area contributed by atoms with E-state index in [9.17, 15) is 9.59 Å². The number of nitrogens with zero attached hydrogens (tertiary/aromatic N) is 6. The van der Waals surface area contributed by atoms with Gasteiger partial charge in [0.15, 0.2) is 5.13 Å². The molecule has 0 bridgehead atoms. The van der Waals surface area contributed by atoms with Gasteiger partial charge in [0.25, 0.3) is 0 Å². The molecule has 1 N–H and O–H groups in total. The van der Waals surface area contributed by atoms with Crippen molar-refractivity contribution in [2.24, 2.45) is 0 Å². The molecule has 0 radical (unpaired) electrons. The molecule has 0 aliphatic carbocycles. The van der Waals surface area contributed by atoms with E-state index >= 15 is 0 Å². The lowest BCUT2D eigenvalue weighted by Gasteiger charge is -2.35. The number of amides is 2. The number of likely N-dealkylation sites (N-methyl/N-ethyl adjacent to an activating group) is 1. The van der Waals surface area contributed by atoms with Crippen molar-refractivity contribution >= 4 is 51.5 Å². The third-order valence-corrected chi connectivity index (χ3v) is 8.27. The lowest BCUT2D eigenvalue weighted by molar-refractivity contribution is -0.121. The fourth-order valence-corrected chi connectivity index (χ4v) is 6.38. The Bertz CT molecular complexity index is 1740. The number of hydrogen-bond acceptors (Lipinski definition) is 8. The number of halogens is 1. The van der Waals surface area contributed by atoms with E-state index in [0.29, 0.717) is 34.6 Å². The SMILES string of the molecule is CNC(=O)Cc1cnc(-n2c([C@@H]3CCCC(=O)N3c3ccnc(Cl)c3)nc3cc(-c4c(C)noc4C)ccc32)s1. The lowest BCUT2D eigenvalue weighted by Crippen LogP contribution is -2.39. The summed E-state index contributed by atoms with van der Waals surface area (Å²) in [7, 11) is 1.61. The van der Waals surface area contributed by atoms with Crippen LogP contribution in [-0.4, -0.2) is 43.5 Å². The molecule has 40 heavy (non-hydrogen) atoms. The second-order valence-electron chi connectivity index (χ2n) is 9.68. The summed E-state index contributed by atoms with van der Waals surface area (Å²) < 4.78 is 7.41. The summed E-state index contributed by atoms with van der Waals surface area (Å²) in [5, 5.41) is 7.75. The van der Waals surface area contributed by atoms with Crippen LogP contribution in [0.25, 0.3) is 27.3 Å². The Kier molecular flexibility index (Phi) is 6.85. The smallest absolute Gasteiger partial charge is 0.227 e. The molecular formula is C28H26ClN7O3S. The van der Waals surface area contributed by atoms with Gasteiger partial charge in [-0.2, -0.15) is 0 Å². The van der Waals surface area contributed by atoms with E-state index in [1.165, 1.54) is 11.3 Å². The average Bonchev–Trinajstić information content (AvgIpc) is 3.64. The van der Waals surface area contributed by atoms with Crippen LogP contribution in [0, 0.1) is 13.8 Å². The van der Waals surface area contributed by atoms with E-state index in [1.54, 1.807) is 36.5 Å². The highest BCUT2D eigenvalue weighted by atomic mass is 35.5. The maximum absolute atomic E-state index is 13.3. The van der Waals surface area contributed by atoms with Crippen molar-refractivity contribution in [3.63, 3.8) is 0 Å². The van der Waals surface area contributed by atoms with Gasteiger partial charge in [0.1, 0.15) is 16.7 Å². The molecule has 1 aliphatic heterocycles. The molecule has 0 spiro atoms. The van der Waals surface area contributed by atoms with E-state index in [0.717, 1.165) is 44.9 Å². The first-order chi connectivity index (χ1) is 19.3. The number of hydrogen-bond donors (Lipinski definition) is 1. The molecule has 0 unspecified atom stereocenters. The van der Waals surface area contributed by atoms with E-state index in [4.69, 9.17) is 21.1 Å². The van der Waals surface area contributed by atoms with Crippen LogP contribution < -0.4 is 10.2 Å². The van der Waals surface area contributed by atoms with Crippen molar-refractivity contribution in [2.75, 3.05) is 11.9 Å². The Hall–Kier alpha value is -4.09. The van der Waals surface area contributed by atoms with Crippen molar-refractivity contribution < 1.29 is 14.1 Å². The molecule has 1 atom stereocenters. The highest BCUT2D eigenvalue weighted by Gasteiger charge is 2.35. The van der Waals surface area contributed by atoms with Gasteiger partial charge in [-0.05, 0) is 56.5 Å². The molecule has 1 aromatic carbocycles. The fourth-order valence-electron chi connectivity index (χ4n) is 5.28. The molecule has 5 aromatic rings. The minimum Gasteiger partial charge on any atom is -0.361 e. The van der Waals surface area contributed by atoms with Crippen LogP contribution in [0.4, 0.5) is 5.69 Å². The van der Waals surface area contributed by atoms with Gasteiger partial charge < -0.3 is 14.7 Å². The number of thiazole rings is 1. The average molecular weight is 576 g/mol. The number of imidazole rings is 1. The second kappa shape index (κ2) is 10.5. The first kappa shape index (κ1) is 26.1. The molecule has 6 rings (SSSR count). The Balaban J connectivity index is 1.54. The maximum Gasteiger partial charge on any atom is 0.227 e. The molecule has 204 valence electrons. The Morgan fingerprint density at radius 1 is 1.23 bits per heavy atom. The molecule has 10 nitrogen and oxygen atoms in total. The zero-order valence-corrected chi connectivity index (χ0v) is 23.7. The fraction of sp³-hybridized carbons (Fsp3) is 0.286. The number of fused-ring (bicyclic) bond motifs is 1. The van der Waals surface area contributed by atoms with Crippen molar-refractivity contribution in [3.05, 3.63) is 70.0 Å². The summed E-state index contributed by atoms with van der Waals surface area (Å²) in [6, 6.07) is 9.16. The highest BCUT2D eigenvalue weighted by Crippen LogP contribution is 2.40. The number of nitrogens with one attached hydrogen (secondary N) is 1. The molecule has 1 aliphatic rings. The van der Waals surface area contributed by atoms with Crippen LogP contribution in [0.3, 0.4) is 0 Å². The van der Waals surface area contributed by atoms with Crippen LogP contribution in [-0.2, 0) is 16.0 Å². The highest BCUT2D eigenvalue weighted by molar-refractivity contribution is 7.14. The van der Waals surface area contributed by atoms with Gasteiger partial charge in [0.2, 0.25) is 11.8 Å². The number of aromatic nitrogens is 5. The van der Waals surface area contributed by atoms with Crippen molar-refractivity contribution in [3.8, 4) is 16.3 Å². The number of anilines is 1. The molecular weight excluding hydrogens is 550 g/mol. The van der Waals surface area contributed by atoms with E-state index in [2.05, 4.69) is 20.4 Å². The number of carbonyl (C=O) groups is 2. The number of benzene rings is 1. The minimum atomic E-state index is -0.360. The number of pyridine rings is 1. The molecule has 1 saturated heterocycles. The summed E-state index contributed by atoms with van der Waals surface area (Å²) in [5.74, 6) is 1.32. The Labute approximate surface area is 239 Å². The molecule has 12 heteroatoms. The van der Waals surface area contributed by atoms with Gasteiger partial charge in [0, 0.05) is 42.0 Å². The quantitative estimate of drug-likeness (QED) is 0.271. The number of aryl methyl sites for hydroxylation is 2. The zero-order valence-electron chi connectivity index (χ0n) is 22.1. The van der Waals surface area contributed by atoms with Crippen molar-refractivity contribution in [1.82, 2.24) is 30.0 Å². The largest absolute Gasteiger partial charge is 0.361 e. The van der Waals surface area contributed by atoms with Gasteiger partial charge in [0.05, 0.1) is 29.2 Å². The van der Waals surface area contributed by atoms with Gasteiger partial charge >= 0.3 is 0 Å². The third kappa shape index (κ3) is 4.65. The van der Waals surface area contributed by atoms with Crippen LogP contribution in [0.2, 0.25) is 5.15 Å². The van der Waals surface area contributed by atoms with E-state index in [-0.39, 0.29) is 24.3 Å². The molecule has 0 saturated carbocycles. The van der Waals surface area contributed by atoms with E-state index in [1.807, 2.05) is 36.6 Å². The maximum atomic E-state index is 13.3. The van der Waals surface area contributed by atoms with Gasteiger partial charge in [-0.25, -0.2) is 15.0 Å². The molecule has 2 amide bonds. The van der Waals surface area contributed by atoms with Crippen LogP contribution in [0.15, 0.2) is 47.2 Å². The first-order valence-corrected chi connectivity index (χ1v) is 14.1. The second-order valence-corrected chi connectivity index (χ2v) is 11.2. The summed E-state index contributed by atoms with van der Waals surface area (Å²) >= 11 is 7.65. The van der Waals surface area contributed by atoms with Crippen LogP contribution in [0.5, 0.6) is 0 Å². The minimum absolute atomic E-state index is 0.00650. The van der Waals surface area contributed by atoms with Gasteiger partial charge in [-0.15, -0.1) is 11.3 Å². The standard InChI is InChI=1S/C28H26ClN7O3S/c1-15-26(16(2)39-34-15)17-7-8-21-20(11-17)33-27(36(21)28-32-14-19(40-28)13-24(37)30-3)22-5-4-6-25(38)35(22)18-9-10-31-23(29)12-18/h7-12,14,22H,4-6,13H2,1-3H3,(H,30,37)/t22-/m0/s1. The number of piperidine rings is 1. The lowest BCUT2D eigenvalue weighted by atomic mass is 10.00. The Morgan fingerprint density at radius 3 is 2.83 bits per heavy atom. The van der Waals surface area contributed by atoms with Crippen LogP contribution >= 0.6 is 22.9 Å². The van der Waals surface area contributed by atoms with Gasteiger partial charge in [-0.1, -0.05) is 22.8 Å². The number of carbonyl (C=O) groups excluding carboxylic acids is 2. The number of rotatable bonds is 6. The summed E-state index contributed by atoms with van der Waals surface area (Å²) in [6.45, 7) is 3.80. The summed E-state index contributed by atoms with van der Waals surface area (Å²) in [5.41, 5.74) is 4.94. The first-order valence-electron chi connectivity index (χ1n) is 12.9. The molecule has 4 aromatic heterocycles. The van der Waals surface area contributed by atoms with Crippen molar-refractivity contribution in [1.29, 1.82) is 0 Å². The molecule has 5 heterocycles. The normalized spacial score (nSPS) is 15.7. The van der Waals surface area contributed by atoms with Crippen molar-refractivity contribution in [2.45, 2.75) is 45.6 Å².